The molecule has 9 heteroatoms. The number of carbonyl (C=O) groups excluding carboxylic acids is 2. The molecule has 1 N–H and O–H groups in total. The molecule has 0 aromatic heterocycles. The molecule has 0 aliphatic carbocycles. The standard InChI is InChI=1S/C33H36BrN3O4S/c1-4-24(2)35-33(39)31(20-25-11-6-5-7-12-25)37(22-26-13-10-16-29(34)19-26)32(38)23-36(3)42(40,41)30-18-17-27-14-8-9-15-28(27)21-30/h5-19,21,24,31H,4,20,22-23H2,1-3H3,(H,35,39). The van der Waals surface area contributed by atoms with E-state index >= 15 is 0 Å². The van der Waals surface area contributed by atoms with Crippen LogP contribution in [0.2, 0.25) is 0 Å². The van der Waals surface area contributed by atoms with Crippen LogP contribution in [0, 0.1) is 0 Å². The van der Waals surface area contributed by atoms with Gasteiger partial charge in [0.05, 0.1) is 11.4 Å². The van der Waals surface area contributed by atoms with Gasteiger partial charge in [-0.3, -0.25) is 9.59 Å². The lowest BCUT2D eigenvalue weighted by Crippen LogP contribution is -2.54. The lowest BCUT2D eigenvalue weighted by molar-refractivity contribution is -0.141. The Kier molecular flexibility index (Phi) is 10.5. The summed E-state index contributed by atoms with van der Waals surface area (Å²) in [7, 11) is -2.59. The van der Waals surface area contributed by atoms with Gasteiger partial charge in [0.1, 0.15) is 6.04 Å². The van der Waals surface area contributed by atoms with Gasteiger partial charge in [0, 0.05) is 30.5 Å². The van der Waals surface area contributed by atoms with Gasteiger partial charge in [-0.2, -0.15) is 4.31 Å². The zero-order valence-electron chi connectivity index (χ0n) is 24.0. The first-order chi connectivity index (χ1) is 20.1. The second-order valence-electron chi connectivity index (χ2n) is 10.4. The molecule has 0 bridgehead atoms. The third-order valence-electron chi connectivity index (χ3n) is 7.30. The Morgan fingerprint density at radius 1 is 0.857 bits per heavy atom. The van der Waals surface area contributed by atoms with Gasteiger partial charge in [0.2, 0.25) is 21.8 Å². The fraction of sp³-hybridized carbons (Fsp3) is 0.273. The quantitative estimate of drug-likeness (QED) is 0.211. The second kappa shape index (κ2) is 14.1. The molecule has 2 amide bonds. The van der Waals surface area contributed by atoms with E-state index in [2.05, 4.69) is 21.2 Å². The Morgan fingerprint density at radius 2 is 1.52 bits per heavy atom. The molecular weight excluding hydrogens is 614 g/mol. The number of likely N-dealkylation sites (N-methyl/N-ethyl adjacent to an activating group) is 1. The molecule has 2 unspecified atom stereocenters. The Balaban J connectivity index is 1.68. The molecule has 0 fully saturated rings. The number of amides is 2. The van der Waals surface area contributed by atoms with Crippen LogP contribution in [0.5, 0.6) is 0 Å². The highest BCUT2D eigenvalue weighted by Gasteiger charge is 2.33. The largest absolute Gasteiger partial charge is 0.352 e. The highest BCUT2D eigenvalue weighted by Crippen LogP contribution is 2.23. The average Bonchev–Trinajstić information content (AvgIpc) is 2.98. The monoisotopic (exact) mass is 649 g/mol. The maximum atomic E-state index is 14.1. The molecule has 0 aliphatic heterocycles. The number of nitrogens with one attached hydrogen (secondary N) is 1. The number of nitrogens with zero attached hydrogens (tertiary/aromatic N) is 2. The van der Waals surface area contributed by atoms with Crippen LogP contribution in [0.1, 0.15) is 31.4 Å². The average molecular weight is 651 g/mol. The minimum atomic E-state index is -3.99. The van der Waals surface area contributed by atoms with Crippen LogP contribution in [0.15, 0.2) is 106 Å². The van der Waals surface area contributed by atoms with Crippen LogP contribution >= 0.6 is 15.9 Å². The van der Waals surface area contributed by atoms with Crippen molar-refractivity contribution in [2.45, 2.75) is 50.2 Å². The summed E-state index contributed by atoms with van der Waals surface area (Å²) < 4.78 is 29.1. The number of benzene rings is 4. The highest BCUT2D eigenvalue weighted by molar-refractivity contribution is 9.10. The molecule has 0 radical (unpaired) electrons. The van der Waals surface area contributed by atoms with Crippen molar-refractivity contribution >= 4 is 48.5 Å². The van der Waals surface area contributed by atoms with Crippen molar-refractivity contribution in [1.82, 2.24) is 14.5 Å². The van der Waals surface area contributed by atoms with Gasteiger partial charge in [-0.1, -0.05) is 95.7 Å². The van der Waals surface area contributed by atoms with E-state index in [1.165, 1.54) is 11.9 Å². The summed E-state index contributed by atoms with van der Waals surface area (Å²) >= 11 is 3.49. The molecule has 220 valence electrons. The van der Waals surface area contributed by atoms with E-state index in [0.29, 0.717) is 0 Å². The highest BCUT2D eigenvalue weighted by atomic mass is 79.9. The summed E-state index contributed by atoms with van der Waals surface area (Å²) in [6, 6.07) is 28.5. The lowest BCUT2D eigenvalue weighted by atomic mass is 10.0. The summed E-state index contributed by atoms with van der Waals surface area (Å²) in [6.07, 6.45) is 1.01. The van der Waals surface area contributed by atoms with E-state index in [1.54, 1.807) is 18.2 Å². The van der Waals surface area contributed by atoms with Crippen LogP contribution in [-0.4, -0.2) is 55.1 Å². The summed E-state index contributed by atoms with van der Waals surface area (Å²) in [4.78, 5) is 29.4. The van der Waals surface area contributed by atoms with Crippen molar-refractivity contribution in [2.24, 2.45) is 0 Å². The predicted octanol–water partition coefficient (Wildman–Crippen LogP) is 5.78. The van der Waals surface area contributed by atoms with Gasteiger partial charge in [-0.15, -0.1) is 0 Å². The fourth-order valence-corrected chi connectivity index (χ4v) is 6.30. The number of carbonyl (C=O) groups is 2. The van der Waals surface area contributed by atoms with E-state index in [1.807, 2.05) is 92.7 Å². The van der Waals surface area contributed by atoms with Gasteiger partial charge in [-0.25, -0.2) is 8.42 Å². The zero-order valence-corrected chi connectivity index (χ0v) is 26.4. The van der Waals surface area contributed by atoms with E-state index in [4.69, 9.17) is 0 Å². The van der Waals surface area contributed by atoms with Crippen molar-refractivity contribution in [3.8, 4) is 0 Å². The van der Waals surface area contributed by atoms with Crippen LogP contribution in [0.3, 0.4) is 0 Å². The molecule has 42 heavy (non-hydrogen) atoms. The molecule has 0 saturated carbocycles. The topological polar surface area (TPSA) is 86.8 Å². The molecule has 4 aromatic carbocycles. The SMILES string of the molecule is CCC(C)NC(=O)C(Cc1ccccc1)N(Cc1cccc(Br)c1)C(=O)CN(C)S(=O)(=O)c1ccc2ccccc2c1. The van der Waals surface area contributed by atoms with Gasteiger partial charge in [0.15, 0.2) is 0 Å². The van der Waals surface area contributed by atoms with Gasteiger partial charge in [0.25, 0.3) is 0 Å². The van der Waals surface area contributed by atoms with Crippen molar-refractivity contribution in [2.75, 3.05) is 13.6 Å². The number of halogens is 1. The van der Waals surface area contributed by atoms with Gasteiger partial charge >= 0.3 is 0 Å². The van der Waals surface area contributed by atoms with E-state index in [9.17, 15) is 18.0 Å². The van der Waals surface area contributed by atoms with Gasteiger partial charge in [-0.05, 0) is 59.5 Å². The third kappa shape index (κ3) is 7.85. The maximum absolute atomic E-state index is 14.1. The summed E-state index contributed by atoms with van der Waals surface area (Å²) in [5, 5.41) is 4.75. The van der Waals surface area contributed by atoms with Crippen molar-refractivity contribution in [1.29, 1.82) is 0 Å². The first-order valence-electron chi connectivity index (χ1n) is 13.9. The molecule has 4 aromatic rings. The Morgan fingerprint density at radius 3 is 2.21 bits per heavy atom. The molecule has 0 spiro atoms. The van der Waals surface area contributed by atoms with Crippen molar-refractivity contribution in [3.63, 3.8) is 0 Å². The molecular formula is C33H36BrN3O4S. The van der Waals surface area contributed by atoms with E-state index in [0.717, 1.165) is 37.1 Å². The molecule has 7 nitrogen and oxygen atoms in total. The van der Waals surface area contributed by atoms with Crippen LogP contribution in [0.25, 0.3) is 10.8 Å². The fourth-order valence-electron chi connectivity index (χ4n) is 4.70. The van der Waals surface area contributed by atoms with E-state index in [-0.39, 0.29) is 29.8 Å². The normalized spacial score (nSPS) is 13.1. The Labute approximate surface area is 256 Å². The van der Waals surface area contributed by atoms with E-state index < -0.39 is 28.5 Å². The molecule has 0 heterocycles. The lowest BCUT2D eigenvalue weighted by Gasteiger charge is -2.33. The maximum Gasteiger partial charge on any atom is 0.243 e. The second-order valence-corrected chi connectivity index (χ2v) is 13.4. The van der Waals surface area contributed by atoms with Gasteiger partial charge < -0.3 is 10.2 Å². The minimum absolute atomic E-state index is 0.0884. The van der Waals surface area contributed by atoms with Crippen LogP contribution in [-0.2, 0) is 32.6 Å². The number of rotatable bonds is 12. The Hall–Kier alpha value is -3.53. The smallest absolute Gasteiger partial charge is 0.243 e. The molecule has 0 saturated heterocycles. The van der Waals surface area contributed by atoms with Crippen LogP contribution < -0.4 is 5.32 Å². The third-order valence-corrected chi connectivity index (χ3v) is 9.59. The predicted molar refractivity (Wildman–Crippen MR) is 170 cm³/mol. The summed E-state index contributed by atoms with van der Waals surface area (Å²) in [5.74, 6) is -0.751. The Bertz CT molecular complexity index is 1650. The first-order valence-corrected chi connectivity index (χ1v) is 16.1. The molecule has 4 rings (SSSR count). The molecule has 2 atom stereocenters. The summed E-state index contributed by atoms with van der Waals surface area (Å²) in [5.41, 5.74) is 1.71. The molecule has 0 aliphatic rings. The van der Waals surface area contributed by atoms with Crippen LogP contribution in [0.4, 0.5) is 0 Å². The number of fused-ring (bicyclic) bond motifs is 1. The number of hydrogen-bond acceptors (Lipinski definition) is 4. The van der Waals surface area contributed by atoms with Crippen molar-refractivity contribution in [3.05, 3.63) is 113 Å². The number of sulfonamides is 1. The van der Waals surface area contributed by atoms with Crippen molar-refractivity contribution < 1.29 is 18.0 Å². The zero-order chi connectivity index (χ0) is 30.3. The minimum Gasteiger partial charge on any atom is -0.352 e. The number of hydrogen-bond donors (Lipinski definition) is 1. The first kappa shape index (κ1) is 31.4. The summed E-state index contributed by atoms with van der Waals surface area (Å²) in [6.45, 7) is 3.61.